The number of aromatic nitrogens is 4. The molecule has 1 atom stereocenters. The predicted octanol–water partition coefficient (Wildman–Crippen LogP) is 4.02. The predicted molar refractivity (Wildman–Crippen MR) is 124 cm³/mol. The Hall–Kier alpha value is -3.66. The molecule has 10 heteroatoms. The number of pyridine rings is 1. The highest BCUT2D eigenvalue weighted by molar-refractivity contribution is 5.99. The minimum absolute atomic E-state index is 0.113. The number of fused-ring (bicyclic) bond motifs is 2. The number of hydrogen-bond acceptors (Lipinski definition) is 8. The number of hydrogen-bond donors (Lipinski definition) is 1. The second kappa shape index (κ2) is 8.70. The molecule has 33 heavy (non-hydrogen) atoms. The summed E-state index contributed by atoms with van der Waals surface area (Å²) in [7, 11) is 0. The van der Waals surface area contributed by atoms with E-state index in [4.69, 9.17) is 19.6 Å². The first kappa shape index (κ1) is 22.5. The smallest absolute Gasteiger partial charge is 0.416 e. The zero-order chi connectivity index (χ0) is 23.8. The molecule has 0 radical (unpaired) electrons. The zero-order valence-electron chi connectivity index (χ0n) is 19.4. The molecule has 4 aromatic heterocycles. The van der Waals surface area contributed by atoms with Crippen molar-refractivity contribution < 1.29 is 18.7 Å². The second-order valence-corrected chi connectivity index (χ2v) is 8.75. The topological polar surface area (TPSA) is 121 Å². The van der Waals surface area contributed by atoms with Crippen LogP contribution in [0.3, 0.4) is 0 Å². The molecule has 0 saturated carbocycles. The number of nitrogens with zero attached hydrogens (tertiary/aromatic N) is 5. The van der Waals surface area contributed by atoms with E-state index >= 15 is 0 Å². The summed E-state index contributed by atoms with van der Waals surface area (Å²) in [5.41, 5.74) is 7.01. The van der Waals surface area contributed by atoms with Gasteiger partial charge in [0.25, 0.3) is 0 Å². The van der Waals surface area contributed by atoms with Crippen LogP contribution in [0.15, 0.2) is 41.1 Å². The number of rotatable bonds is 6. The van der Waals surface area contributed by atoms with Crippen LogP contribution in [-0.4, -0.2) is 50.5 Å². The molecule has 10 nitrogen and oxygen atoms in total. The van der Waals surface area contributed by atoms with Gasteiger partial charge in [0.1, 0.15) is 29.3 Å². The summed E-state index contributed by atoms with van der Waals surface area (Å²) in [5.74, 6) is 1.42. The Bertz CT molecular complexity index is 1290. The van der Waals surface area contributed by atoms with Crippen LogP contribution in [-0.2, 0) is 4.74 Å². The Morgan fingerprint density at radius 3 is 2.76 bits per heavy atom. The lowest BCUT2D eigenvalue weighted by Crippen LogP contribution is -2.37. The van der Waals surface area contributed by atoms with Gasteiger partial charge in [0.05, 0.1) is 11.6 Å². The molecule has 0 aromatic carbocycles. The van der Waals surface area contributed by atoms with Gasteiger partial charge in [-0.3, -0.25) is 4.90 Å². The van der Waals surface area contributed by atoms with Crippen LogP contribution in [0, 0.1) is 0 Å². The van der Waals surface area contributed by atoms with Gasteiger partial charge in [0.2, 0.25) is 5.88 Å². The first-order chi connectivity index (χ1) is 15.7. The molecule has 2 N–H and O–H groups in total. The van der Waals surface area contributed by atoms with Crippen LogP contribution in [0.5, 0.6) is 5.88 Å². The van der Waals surface area contributed by atoms with Crippen molar-refractivity contribution in [1.82, 2.24) is 19.6 Å². The van der Waals surface area contributed by atoms with Crippen molar-refractivity contribution in [3.63, 3.8) is 0 Å². The standard InChI is InChI=1S/C23H28N6O4/c1-6-28(22(30)33-23(3,4)5)21-15-11-18(32-17(15)9-10-25-21)16-12-26-19-7-8-20(27-29(16)19)31-13-14(2)24/h7-12,14H,6,13,24H2,1-5H3/t14-/m0/s1. The molecule has 4 aromatic rings. The van der Waals surface area contributed by atoms with E-state index in [-0.39, 0.29) is 6.04 Å². The number of anilines is 1. The normalized spacial score (nSPS) is 12.8. The van der Waals surface area contributed by atoms with Gasteiger partial charge in [-0.25, -0.2) is 19.3 Å². The van der Waals surface area contributed by atoms with E-state index in [1.54, 1.807) is 29.0 Å². The van der Waals surface area contributed by atoms with Crippen LogP contribution in [0.1, 0.15) is 34.6 Å². The van der Waals surface area contributed by atoms with Crippen molar-refractivity contribution in [1.29, 1.82) is 0 Å². The van der Waals surface area contributed by atoms with Crippen LogP contribution in [0.4, 0.5) is 10.6 Å². The molecular weight excluding hydrogens is 424 g/mol. The molecular formula is C23H28N6O4. The number of amides is 1. The van der Waals surface area contributed by atoms with Gasteiger partial charge in [-0.15, -0.1) is 5.10 Å². The van der Waals surface area contributed by atoms with Gasteiger partial charge in [-0.1, -0.05) is 0 Å². The van der Waals surface area contributed by atoms with Crippen molar-refractivity contribution in [3.8, 4) is 17.3 Å². The Labute approximate surface area is 191 Å². The van der Waals surface area contributed by atoms with Gasteiger partial charge in [0.15, 0.2) is 11.4 Å². The van der Waals surface area contributed by atoms with Crippen molar-refractivity contribution in [3.05, 3.63) is 36.7 Å². The summed E-state index contributed by atoms with van der Waals surface area (Å²) in [4.78, 5) is 23.1. The number of ether oxygens (including phenoxy) is 2. The Balaban J connectivity index is 1.74. The fourth-order valence-electron chi connectivity index (χ4n) is 3.29. The minimum Gasteiger partial charge on any atom is -0.475 e. The Morgan fingerprint density at radius 1 is 1.27 bits per heavy atom. The summed E-state index contributed by atoms with van der Waals surface area (Å²) in [5, 5.41) is 5.19. The highest BCUT2D eigenvalue weighted by atomic mass is 16.6. The molecule has 4 rings (SSSR count). The molecule has 0 aliphatic rings. The molecule has 1 amide bonds. The Kier molecular flexibility index (Phi) is 5.94. The molecule has 0 aliphatic carbocycles. The van der Waals surface area contributed by atoms with E-state index in [1.165, 1.54) is 4.90 Å². The molecule has 0 spiro atoms. The quantitative estimate of drug-likeness (QED) is 0.465. The summed E-state index contributed by atoms with van der Waals surface area (Å²) in [6.07, 6.45) is 2.80. The van der Waals surface area contributed by atoms with Crippen molar-refractivity contribution >= 4 is 28.5 Å². The van der Waals surface area contributed by atoms with Gasteiger partial charge in [0, 0.05) is 24.8 Å². The van der Waals surface area contributed by atoms with E-state index in [0.717, 1.165) is 0 Å². The monoisotopic (exact) mass is 452 g/mol. The maximum atomic E-state index is 12.8. The van der Waals surface area contributed by atoms with Crippen LogP contribution in [0.25, 0.3) is 28.1 Å². The third-order valence-corrected chi connectivity index (χ3v) is 4.69. The first-order valence-electron chi connectivity index (χ1n) is 10.8. The van der Waals surface area contributed by atoms with Gasteiger partial charge < -0.3 is 19.6 Å². The lowest BCUT2D eigenvalue weighted by molar-refractivity contribution is 0.0581. The van der Waals surface area contributed by atoms with Crippen molar-refractivity contribution in [2.24, 2.45) is 5.73 Å². The number of carbonyl (C=O) groups excluding carboxylic acids is 1. The lowest BCUT2D eigenvalue weighted by atomic mass is 10.2. The van der Waals surface area contributed by atoms with E-state index in [0.29, 0.717) is 52.9 Å². The minimum atomic E-state index is -0.621. The zero-order valence-corrected chi connectivity index (χ0v) is 19.4. The Morgan fingerprint density at radius 2 is 2.06 bits per heavy atom. The van der Waals surface area contributed by atoms with Crippen molar-refractivity contribution in [2.75, 3.05) is 18.1 Å². The number of furan rings is 1. The van der Waals surface area contributed by atoms with Gasteiger partial charge >= 0.3 is 6.09 Å². The average molecular weight is 453 g/mol. The third kappa shape index (κ3) is 4.75. The SMILES string of the molecule is CCN(C(=O)OC(C)(C)C)c1nccc2oc(-c3cnc4ccc(OC[C@H](C)N)nn34)cc12. The number of imidazole rings is 1. The van der Waals surface area contributed by atoms with E-state index < -0.39 is 11.7 Å². The second-order valence-electron chi connectivity index (χ2n) is 8.75. The fourth-order valence-corrected chi connectivity index (χ4v) is 3.29. The lowest BCUT2D eigenvalue weighted by Gasteiger charge is -2.26. The molecule has 0 unspecified atom stereocenters. The van der Waals surface area contributed by atoms with E-state index in [1.807, 2.05) is 46.8 Å². The van der Waals surface area contributed by atoms with Crippen molar-refractivity contribution in [2.45, 2.75) is 46.3 Å². The maximum Gasteiger partial charge on any atom is 0.416 e. The number of carbonyl (C=O) groups is 1. The highest BCUT2D eigenvalue weighted by Gasteiger charge is 2.26. The van der Waals surface area contributed by atoms with Crippen LogP contribution < -0.4 is 15.4 Å². The summed E-state index contributed by atoms with van der Waals surface area (Å²) in [6.45, 7) is 9.94. The molecule has 0 aliphatic heterocycles. The molecule has 0 bridgehead atoms. The molecule has 0 saturated heterocycles. The fraction of sp³-hybridized carbons (Fsp3) is 0.391. The third-order valence-electron chi connectivity index (χ3n) is 4.69. The molecule has 0 fully saturated rings. The highest BCUT2D eigenvalue weighted by Crippen LogP contribution is 2.33. The van der Waals surface area contributed by atoms with Gasteiger partial charge in [-0.2, -0.15) is 0 Å². The van der Waals surface area contributed by atoms with Crippen LogP contribution >= 0.6 is 0 Å². The van der Waals surface area contributed by atoms with E-state index in [9.17, 15) is 4.79 Å². The maximum absolute atomic E-state index is 12.8. The van der Waals surface area contributed by atoms with Gasteiger partial charge in [-0.05, 0) is 52.8 Å². The number of nitrogens with two attached hydrogens (primary N) is 1. The summed E-state index contributed by atoms with van der Waals surface area (Å²) >= 11 is 0. The summed E-state index contributed by atoms with van der Waals surface area (Å²) in [6, 6.07) is 7.02. The van der Waals surface area contributed by atoms with Crippen LogP contribution in [0.2, 0.25) is 0 Å². The molecule has 4 heterocycles. The average Bonchev–Trinajstić information content (AvgIpc) is 3.35. The summed E-state index contributed by atoms with van der Waals surface area (Å²) < 4.78 is 18.9. The largest absolute Gasteiger partial charge is 0.475 e. The van der Waals surface area contributed by atoms with E-state index in [2.05, 4.69) is 15.1 Å². The molecule has 174 valence electrons. The first-order valence-corrected chi connectivity index (χ1v) is 10.8.